The highest BCUT2D eigenvalue weighted by atomic mass is 16.2. The van der Waals surface area contributed by atoms with Crippen LogP contribution in [0.3, 0.4) is 0 Å². The molecule has 1 rings (SSSR count). The summed E-state index contributed by atoms with van der Waals surface area (Å²) in [5.74, 6) is -1.36. The van der Waals surface area contributed by atoms with Gasteiger partial charge in [-0.25, -0.2) is 0 Å². The van der Waals surface area contributed by atoms with Gasteiger partial charge in [-0.05, 0) is 31.0 Å². The van der Waals surface area contributed by atoms with E-state index in [1.165, 1.54) is 6.92 Å². The summed E-state index contributed by atoms with van der Waals surface area (Å²) in [6.07, 6.45) is 3.69. The van der Waals surface area contributed by atoms with Gasteiger partial charge in [0, 0.05) is 31.4 Å². The van der Waals surface area contributed by atoms with Crippen molar-refractivity contribution in [2.45, 2.75) is 46.5 Å². The first-order valence-electron chi connectivity index (χ1n) is 8.45. The molecule has 0 aromatic heterocycles. The highest BCUT2D eigenvalue weighted by Gasteiger charge is 2.21. The lowest BCUT2D eigenvalue weighted by Gasteiger charge is -2.21. The van der Waals surface area contributed by atoms with Gasteiger partial charge in [-0.1, -0.05) is 32.8 Å². The zero-order valence-corrected chi connectivity index (χ0v) is 14.7. The molecule has 0 saturated heterocycles. The van der Waals surface area contributed by atoms with Gasteiger partial charge < -0.3 is 15.5 Å². The van der Waals surface area contributed by atoms with Crippen molar-refractivity contribution in [2.24, 2.45) is 0 Å². The molecule has 0 spiro atoms. The second-order valence-electron chi connectivity index (χ2n) is 5.72. The van der Waals surface area contributed by atoms with E-state index in [0.717, 1.165) is 25.7 Å². The van der Waals surface area contributed by atoms with E-state index in [2.05, 4.69) is 24.5 Å². The van der Waals surface area contributed by atoms with E-state index in [-0.39, 0.29) is 5.91 Å². The van der Waals surface area contributed by atoms with Crippen LogP contribution >= 0.6 is 0 Å². The van der Waals surface area contributed by atoms with Gasteiger partial charge in [0.1, 0.15) is 0 Å². The molecule has 0 aliphatic rings. The van der Waals surface area contributed by atoms with Crippen molar-refractivity contribution in [1.29, 1.82) is 0 Å². The Morgan fingerprint density at radius 2 is 1.50 bits per heavy atom. The third kappa shape index (κ3) is 6.81. The van der Waals surface area contributed by atoms with Crippen LogP contribution in [-0.2, 0) is 14.4 Å². The SMILES string of the molecule is CCCCN(CCCC)C(=O)C(=O)Nc1cccc(NC(C)=O)c1. The summed E-state index contributed by atoms with van der Waals surface area (Å²) in [7, 11) is 0. The molecule has 0 heterocycles. The molecule has 0 aliphatic heterocycles. The van der Waals surface area contributed by atoms with Crippen molar-refractivity contribution in [3.63, 3.8) is 0 Å². The molecule has 6 nitrogen and oxygen atoms in total. The average molecular weight is 333 g/mol. The summed E-state index contributed by atoms with van der Waals surface area (Å²) < 4.78 is 0. The van der Waals surface area contributed by atoms with Gasteiger partial charge in [-0.2, -0.15) is 0 Å². The monoisotopic (exact) mass is 333 g/mol. The molecule has 0 bridgehead atoms. The minimum Gasteiger partial charge on any atom is -0.334 e. The maximum absolute atomic E-state index is 12.4. The van der Waals surface area contributed by atoms with Crippen LogP contribution in [0.5, 0.6) is 0 Å². The summed E-state index contributed by atoms with van der Waals surface area (Å²) in [6, 6.07) is 6.72. The maximum Gasteiger partial charge on any atom is 0.313 e. The maximum atomic E-state index is 12.4. The molecule has 2 N–H and O–H groups in total. The number of carbonyl (C=O) groups is 3. The van der Waals surface area contributed by atoms with E-state index in [9.17, 15) is 14.4 Å². The summed E-state index contributed by atoms with van der Waals surface area (Å²) >= 11 is 0. The number of amides is 3. The fourth-order valence-corrected chi connectivity index (χ4v) is 2.22. The summed E-state index contributed by atoms with van der Waals surface area (Å²) in [4.78, 5) is 37.3. The molecule has 0 saturated carbocycles. The predicted octanol–water partition coefficient (Wildman–Crippen LogP) is 3.01. The number of hydrogen-bond donors (Lipinski definition) is 2. The molecule has 0 aliphatic carbocycles. The van der Waals surface area contributed by atoms with E-state index in [1.54, 1.807) is 29.2 Å². The molecule has 0 unspecified atom stereocenters. The van der Waals surface area contributed by atoms with E-state index < -0.39 is 11.8 Å². The summed E-state index contributed by atoms with van der Waals surface area (Å²) in [6.45, 7) is 6.70. The smallest absolute Gasteiger partial charge is 0.313 e. The normalized spacial score (nSPS) is 10.1. The average Bonchev–Trinajstić information content (AvgIpc) is 2.54. The number of nitrogens with one attached hydrogen (secondary N) is 2. The third-order valence-corrected chi connectivity index (χ3v) is 3.49. The Morgan fingerprint density at radius 3 is 2.00 bits per heavy atom. The fraction of sp³-hybridized carbons (Fsp3) is 0.500. The molecule has 3 amide bonds. The highest BCUT2D eigenvalue weighted by molar-refractivity contribution is 6.39. The number of nitrogens with zero attached hydrogens (tertiary/aromatic N) is 1. The van der Waals surface area contributed by atoms with E-state index in [4.69, 9.17) is 0 Å². The van der Waals surface area contributed by atoms with E-state index in [1.807, 2.05) is 0 Å². The number of anilines is 2. The highest BCUT2D eigenvalue weighted by Crippen LogP contribution is 2.15. The minimum atomic E-state index is -0.651. The van der Waals surface area contributed by atoms with Crippen molar-refractivity contribution in [2.75, 3.05) is 23.7 Å². The second kappa shape index (κ2) is 10.4. The molecule has 0 atom stereocenters. The van der Waals surface area contributed by atoms with Gasteiger partial charge in [0.2, 0.25) is 5.91 Å². The van der Waals surface area contributed by atoms with Crippen LogP contribution in [0.15, 0.2) is 24.3 Å². The standard InChI is InChI=1S/C18H27N3O3/c1-4-6-11-21(12-7-5-2)18(24)17(23)20-16-10-8-9-15(13-16)19-14(3)22/h8-10,13H,4-7,11-12H2,1-3H3,(H,19,22)(H,20,23). The number of carbonyl (C=O) groups excluding carboxylic acids is 3. The van der Waals surface area contributed by atoms with E-state index in [0.29, 0.717) is 24.5 Å². The van der Waals surface area contributed by atoms with Crippen molar-refractivity contribution in [1.82, 2.24) is 4.90 Å². The predicted molar refractivity (Wildman–Crippen MR) is 95.8 cm³/mol. The number of hydrogen-bond acceptors (Lipinski definition) is 3. The van der Waals surface area contributed by atoms with Gasteiger partial charge in [0.05, 0.1) is 0 Å². The largest absolute Gasteiger partial charge is 0.334 e. The molecule has 0 fully saturated rings. The molecule has 132 valence electrons. The zero-order chi connectivity index (χ0) is 17.9. The fourth-order valence-electron chi connectivity index (χ4n) is 2.22. The van der Waals surface area contributed by atoms with Crippen LogP contribution in [0.4, 0.5) is 11.4 Å². The quantitative estimate of drug-likeness (QED) is 0.718. The Morgan fingerprint density at radius 1 is 0.958 bits per heavy atom. The lowest BCUT2D eigenvalue weighted by molar-refractivity contribution is -0.143. The second-order valence-corrected chi connectivity index (χ2v) is 5.72. The van der Waals surface area contributed by atoms with Crippen LogP contribution < -0.4 is 10.6 Å². The van der Waals surface area contributed by atoms with E-state index >= 15 is 0 Å². The van der Waals surface area contributed by atoms with Crippen molar-refractivity contribution >= 4 is 29.1 Å². The number of rotatable bonds is 8. The first-order valence-corrected chi connectivity index (χ1v) is 8.45. The van der Waals surface area contributed by atoms with Crippen molar-refractivity contribution < 1.29 is 14.4 Å². The zero-order valence-electron chi connectivity index (χ0n) is 14.7. The van der Waals surface area contributed by atoms with Gasteiger partial charge in [-0.15, -0.1) is 0 Å². The van der Waals surface area contributed by atoms with Crippen LogP contribution in [0.25, 0.3) is 0 Å². The minimum absolute atomic E-state index is 0.195. The molecular weight excluding hydrogens is 306 g/mol. The molecule has 24 heavy (non-hydrogen) atoms. The number of unbranched alkanes of at least 4 members (excludes halogenated alkanes) is 2. The lowest BCUT2D eigenvalue weighted by atomic mass is 10.2. The van der Waals surface area contributed by atoms with Gasteiger partial charge in [0.25, 0.3) is 0 Å². The van der Waals surface area contributed by atoms with Crippen LogP contribution in [-0.4, -0.2) is 35.7 Å². The Hall–Kier alpha value is -2.37. The molecule has 1 aromatic carbocycles. The first-order chi connectivity index (χ1) is 11.5. The van der Waals surface area contributed by atoms with Gasteiger partial charge in [0.15, 0.2) is 0 Å². The van der Waals surface area contributed by atoms with Crippen LogP contribution in [0.2, 0.25) is 0 Å². The summed E-state index contributed by atoms with van der Waals surface area (Å²) in [5, 5.41) is 5.25. The Kier molecular flexibility index (Phi) is 8.54. The Balaban J connectivity index is 2.72. The molecular formula is C18H27N3O3. The molecule has 6 heteroatoms. The third-order valence-electron chi connectivity index (χ3n) is 3.49. The first kappa shape index (κ1) is 19.7. The van der Waals surface area contributed by atoms with Gasteiger partial charge in [-0.3, -0.25) is 14.4 Å². The van der Waals surface area contributed by atoms with Crippen LogP contribution in [0, 0.1) is 0 Å². The Bertz CT molecular complexity index is 564. The topological polar surface area (TPSA) is 78.5 Å². The number of benzene rings is 1. The lowest BCUT2D eigenvalue weighted by Crippen LogP contribution is -2.40. The Labute approximate surface area is 143 Å². The van der Waals surface area contributed by atoms with Crippen molar-refractivity contribution in [3.05, 3.63) is 24.3 Å². The van der Waals surface area contributed by atoms with Crippen LogP contribution in [0.1, 0.15) is 46.5 Å². The van der Waals surface area contributed by atoms with Crippen molar-refractivity contribution in [3.8, 4) is 0 Å². The molecule has 1 aromatic rings. The van der Waals surface area contributed by atoms with Gasteiger partial charge >= 0.3 is 11.8 Å². The summed E-state index contributed by atoms with van der Waals surface area (Å²) in [5.41, 5.74) is 1.05. The molecule has 0 radical (unpaired) electrons.